The molecule has 11 heteroatoms. The maximum absolute atomic E-state index is 13.8. The van der Waals surface area contributed by atoms with E-state index in [4.69, 9.17) is 15.0 Å². The van der Waals surface area contributed by atoms with E-state index < -0.39 is 13.2 Å². The van der Waals surface area contributed by atoms with Gasteiger partial charge in [0.25, 0.3) is 0 Å². The van der Waals surface area contributed by atoms with Gasteiger partial charge in [0.2, 0.25) is 11.8 Å². The standard InChI is InChI=1S/C31H52BN5O4S/c1-20(2)17-26(32-40-25-19-21-18-24(30(21,3)4)31(25,5)41-32)37-28(39)23(13-9-15-35-29(33)34-6)36-27(38)14-8-7-11-22-12-10-16-42-22/h10,12,16,20-21,23-26H,7-9,11,13-15,17-19H2,1-6H3,(H,36,38)(H,37,39)(H3,33,34,35)/t21-,23-,24-,25+,26-,31-/m0/s1. The Kier molecular flexibility index (Phi) is 11.0. The molecular weight excluding hydrogens is 549 g/mol. The lowest BCUT2D eigenvalue weighted by Gasteiger charge is -2.64. The van der Waals surface area contributed by atoms with Crippen LogP contribution in [0.4, 0.5) is 0 Å². The minimum absolute atomic E-state index is 0.0484. The van der Waals surface area contributed by atoms with Crippen molar-refractivity contribution in [3.63, 3.8) is 0 Å². The molecule has 2 bridgehead atoms. The fraction of sp³-hybridized carbons (Fsp3) is 0.774. The summed E-state index contributed by atoms with van der Waals surface area (Å²) in [7, 11) is 1.12. The van der Waals surface area contributed by atoms with Crippen LogP contribution in [0, 0.1) is 23.2 Å². The predicted octanol–water partition coefficient (Wildman–Crippen LogP) is 4.06. The Morgan fingerprint density at radius 2 is 1.98 bits per heavy atom. The number of thiophene rings is 1. The number of rotatable bonds is 15. The Balaban J connectivity index is 1.37. The Labute approximate surface area is 256 Å². The van der Waals surface area contributed by atoms with Gasteiger partial charge in [-0.15, -0.1) is 11.3 Å². The zero-order valence-corrected chi connectivity index (χ0v) is 27.2. The van der Waals surface area contributed by atoms with Crippen molar-refractivity contribution in [2.45, 2.75) is 116 Å². The molecule has 1 aromatic rings. The first-order valence-electron chi connectivity index (χ1n) is 15.9. The second-order valence-electron chi connectivity index (χ2n) is 13.7. The molecule has 1 aromatic heterocycles. The molecule has 2 heterocycles. The van der Waals surface area contributed by atoms with E-state index in [0.29, 0.717) is 49.5 Å². The van der Waals surface area contributed by atoms with Crippen molar-refractivity contribution in [3.8, 4) is 0 Å². The molecule has 5 rings (SSSR count). The molecular formula is C31H52BN5O4S. The maximum Gasteiger partial charge on any atom is 0.481 e. The number of guanidine groups is 1. The van der Waals surface area contributed by atoms with E-state index in [2.05, 4.69) is 73.1 Å². The van der Waals surface area contributed by atoms with Gasteiger partial charge in [0.1, 0.15) is 6.04 Å². The first-order valence-corrected chi connectivity index (χ1v) is 16.7. The number of unbranched alkanes of at least 4 members (excludes halogenated alkanes) is 1. The summed E-state index contributed by atoms with van der Waals surface area (Å²) < 4.78 is 13.3. The van der Waals surface area contributed by atoms with Crippen LogP contribution in [0.2, 0.25) is 0 Å². The quantitative estimate of drug-likeness (QED) is 0.104. The molecule has 4 aliphatic rings. The van der Waals surface area contributed by atoms with Crippen LogP contribution in [0.5, 0.6) is 0 Å². The molecule has 1 aliphatic heterocycles. The van der Waals surface area contributed by atoms with Crippen LogP contribution >= 0.6 is 11.3 Å². The highest BCUT2D eigenvalue weighted by atomic mass is 32.1. The van der Waals surface area contributed by atoms with Gasteiger partial charge in [0.15, 0.2) is 5.96 Å². The second kappa shape index (κ2) is 14.1. The van der Waals surface area contributed by atoms with Gasteiger partial charge in [-0.3, -0.25) is 14.6 Å². The van der Waals surface area contributed by atoms with Crippen LogP contribution in [-0.4, -0.2) is 62.2 Å². The molecule has 2 amide bonds. The Morgan fingerprint density at radius 3 is 2.64 bits per heavy atom. The van der Waals surface area contributed by atoms with Crippen LogP contribution in [0.25, 0.3) is 0 Å². The van der Waals surface area contributed by atoms with E-state index in [1.165, 1.54) is 11.3 Å². The lowest BCUT2D eigenvalue weighted by molar-refractivity contribution is -0.199. The second-order valence-corrected chi connectivity index (χ2v) is 14.7. The highest BCUT2D eigenvalue weighted by Crippen LogP contribution is 2.65. The lowest BCUT2D eigenvalue weighted by atomic mass is 9.43. The lowest BCUT2D eigenvalue weighted by Crippen LogP contribution is -2.65. The third-order valence-electron chi connectivity index (χ3n) is 9.88. The van der Waals surface area contributed by atoms with Crippen molar-refractivity contribution >= 4 is 36.2 Å². The van der Waals surface area contributed by atoms with E-state index in [0.717, 1.165) is 32.1 Å². The van der Waals surface area contributed by atoms with Crippen LogP contribution < -0.4 is 21.7 Å². The fourth-order valence-corrected chi connectivity index (χ4v) is 8.03. The van der Waals surface area contributed by atoms with Crippen LogP contribution in [-0.2, 0) is 25.3 Å². The topological polar surface area (TPSA) is 127 Å². The summed E-state index contributed by atoms with van der Waals surface area (Å²) >= 11 is 1.74. The fourth-order valence-electron chi connectivity index (χ4n) is 7.28. The van der Waals surface area contributed by atoms with Gasteiger partial charge in [0, 0.05) is 24.9 Å². The number of nitrogens with one attached hydrogen (secondary N) is 3. The minimum Gasteiger partial charge on any atom is -0.404 e. The van der Waals surface area contributed by atoms with E-state index in [9.17, 15) is 9.59 Å². The van der Waals surface area contributed by atoms with Gasteiger partial charge in [-0.25, -0.2) is 0 Å². The average molecular weight is 602 g/mol. The molecule has 3 saturated carbocycles. The Morgan fingerprint density at radius 1 is 1.19 bits per heavy atom. The van der Waals surface area contributed by atoms with Gasteiger partial charge in [-0.1, -0.05) is 33.8 Å². The zero-order chi connectivity index (χ0) is 30.5. The van der Waals surface area contributed by atoms with Crippen LogP contribution in [0.3, 0.4) is 0 Å². The molecule has 0 spiro atoms. The molecule has 42 heavy (non-hydrogen) atoms. The Hall–Kier alpha value is -2.11. The molecule has 1 saturated heterocycles. The Bertz CT molecular complexity index is 1080. The summed E-state index contributed by atoms with van der Waals surface area (Å²) in [5, 5.41) is 11.4. The van der Waals surface area contributed by atoms with Crippen LogP contribution in [0.1, 0.15) is 90.9 Å². The summed E-state index contributed by atoms with van der Waals surface area (Å²) in [6, 6.07) is 3.52. The summed E-state index contributed by atoms with van der Waals surface area (Å²) in [6.07, 6.45) is 7.17. The van der Waals surface area contributed by atoms with Crippen molar-refractivity contribution in [2.24, 2.45) is 33.9 Å². The highest BCUT2D eigenvalue weighted by molar-refractivity contribution is 7.09. The molecule has 0 aromatic carbocycles. The summed E-state index contributed by atoms with van der Waals surface area (Å²) in [4.78, 5) is 32.0. The third-order valence-corrected chi connectivity index (χ3v) is 10.8. The smallest absolute Gasteiger partial charge is 0.404 e. The number of carbonyl (C=O) groups excluding carboxylic acids is 2. The van der Waals surface area contributed by atoms with Gasteiger partial charge in [-0.2, -0.15) is 0 Å². The van der Waals surface area contributed by atoms with Crippen molar-refractivity contribution in [2.75, 3.05) is 13.6 Å². The van der Waals surface area contributed by atoms with E-state index in [1.54, 1.807) is 18.4 Å². The van der Waals surface area contributed by atoms with Gasteiger partial charge in [-0.05, 0) is 92.9 Å². The zero-order valence-electron chi connectivity index (χ0n) is 26.4. The van der Waals surface area contributed by atoms with Crippen molar-refractivity contribution in [1.29, 1.82) is 0 Å². The molecule has 0 unspecified atom stereocenters. The molecule has 6 atom stereocenters. The molecule has 9 nitrogen and oxygen atoms in total. The number of nitrogens with zero attached hydrogens (tertiary/aromatic N) is 1. The summed E-state index contributed by atoms with van der Waals surface area (Å²) in [6.45, 7) is 11.7. The number of aryl methyl sites for hydroxylation is 1. The number of amides is 2. The molecule has 4 fully saturated rings. The molecule has 3 aliphatic carbocycles. The number of nitrogens with two attached hydrogens (primary N) is 1. The molecule has 0 radical (unpaired) electrons. The van der Waals surface area contributed by atoms with E-state index >= 15 is 0 Å². The van der Waals surface area contributed by atoms with Gasteiger partial charge in [0.05, 0.1) is 17.6 Å². The van der Waals surface area contributed by atoms with E-state index in [1.807, 2.05) is 0 Å². The number of aliphatic imine (C=N–C) groups is 1. The third kappa shape index (κ3) is 7.69. The number of carbonyl (C=O) groups is 2. The first kappa shape index (κ1) is 32.8. The normalized spacial score (nSPS) is 27.6. The van der Waals surface area contributed by atoms with Gasteiger partial charge >= 0.3 is 7.12 Å². The number of hydrogen-bond donors (Lipinski definition) is 4. The van der Waals surface area contributed by atoms with E-state index in [-0.39, 0.29) is 34.9 Å². The number of hydrogen-bond acceptors (Lipinski definition) is 6. The molecule has 234 valence electrons. The summed E-state index contributed by atoms with van der Waals surface area (Å²) in [5.41, 5.74) is 5.68. The monoisotopic (exact) mass is 601 g/mol. The SMILES string of the molecule is CN=C(N)NCCC[C@H](NC(=O)CCCCc1cccs1)C(=O)N[C@@H](CC(C)C)B1O[C@@H]2C[C@@H]3C[C@@H](C3(C)C)[C@]2(C)O1. The largest absolute Gasteiger partial charge is 0.481 e. The first-order chi connectivity index (χ1) is 19.9. The van der Waals surface area contributed by atoms with Crippen molar-refractivity contribution < 1.29 is 18.9 Å². The average Bonchev–Trinajstić information content (AvgIpc) is 3.58. The predicted molar refractivity (Wildman–Crippen MR) is 170 cm³/mol. The van der Waals surface area contributed by atoms with Gasteiger partial charge < -0.3 is 31.0 Å². The van der Waals surface area contributed by atoms with Crippen molar-refractivity contribution in [1.82, 2.24) is 16.0 Å². The van der Waals surface area contributed by atoms with Crippen molar-refractivity contribution in [3.05, 3.63) is 22.4 Å². The minimum atomic E-state index is -0.655. The summed E-state index contributed by atoms with van der Waals surface area (Å²) in [5.74, 6) is 1.21. The maximum atomic E-state index is 13.8. The molecule has 5 N–H and O–H groups in total. The highest BCUT2D eigenvalue weighted by Gasteiger charge is 2.68. The van der Waals surface area contributed by atoms with Crippen LogP contribution in [0.15, 0.2) is 22.5 Å².